The fourth-order valence-corrected chi connectivity index (χ4v) is 2.19. The third-order valence-corrected chi connectivity index (χ3v) is 3.51. The lowest BCUT2D eigenvalue weighted by Crippen LogP contribution is -2.16. The Bertz CT molecular complexity index is 617. The second-order valence-electron chi connectivity index (χ2n) is 4.12. The highest BCUT2D eigenvalue weighted by atomic mass is 35.5. The Morgan fingerprint density at radius 2 is 1.52 bits per heavy atom. The van der Waals surface area contributed by atoms with E-state index in [2.05, 4.69) is 10.6 Å². The lowest BCUT2D eigenvalue weighted by molar-refractivity contribution is -0.113. The van der Waals surface area contributed by atoms with Crippen molar-refractivity contribution in [2.24, 2.45) is 0 Å². The quantitative estimate of drug-likeness (QED) is 0.885. The smallest absolute Gasteiger partial charge is 0.283 e. The fraction of sp³-hybridized carbons (Fsp3) is 0.0667. The van der Waals surface area contributed by atoms with Crippen molar-refractivity contribution < 1.29 is 9.59 Å². The average Bonchev–Trinajstić information content (AvgIpc) is 2.49. The van der Waals surface area contributed by atoms with E-state index in [4.69, 9.17) is 11.6 Å². The second-order valence-corrected chi connectivity index (χ2v) is 5.51. The molecule has 0 heterocycles. The molecule has 2 N–H and O–H groups in total. The summed E-state index contributed by atoms with van der Waals surface area (Å²) in [4.78, 5) is 23.4. The topological polar surface area (TPSA) is 58.2 Å². The monoisotopic (exact) mass is 320 g/mol. The second kappa shape index (κ2) is 7.71. The van der Waals surface area contributed by atoms with Crippen molar-refractivity contribution in [1.82, 2.24) is 0 Å². The molecule has 0 bridgehead atoms. The molecule has 0 radical (unpaired) electrons. The molecule has 0 atom stereocenters. The van der Waals surface area contributed by atoms with Gasteiger partial charge in [0.05, 0.1) is 5.75 Å². The van der Waals surface area contributed by atoms with E-state index in [1.165, 1.54) is 0 Å². The van der Waals surface area contributed by atoms with Crippen molar-refractivity contribution in [2.75, 3.05) is 16.4 Å². The zero-order valence-corrected chi connectivity index (χ0v) is 12.6. The summed E-state index contributed by atoms with van der Waals surface area (Å²) in [5.41, 5.74) is 1.35. The molecule has 2 rings (SSSR count). The molecule has 0 aliphatic carbocycles. The molecule has 2 aromatic rings. The zero-order valence-electron chi connectivity index (χ0n) is 11.0. The molecule has 0 aliphatic rings. The summed E-state index contributed by atoms with van der Waals surface area (Å²) in [6.45, 7) is 0. The first-order valence-electron chi connectivity index (χ1n) is 6.18. The van der Waals surface area contributed by atoms with Gasteiger partial charge in [-0.1, -0.05) is 41.6 Å². The molecule has 4 nitrogen and oxygen atoms in total. The van der Waals surface area contributed by atoms with Gasteiger partial charge in [-0.3, -0.25) is 9.59 Å². The molecule has 0 aromatic heterocycles. The number of carbonyl (C=O) groups excluding carboxylic acids is 2. The molecule has 108 valence electrons. The van der Waals surface area contributed by atoms with Gasteiger partial charge in [-0.2, -0.15) is 0 Å². The van der Waals surface area contributed by atoms with Crippen molar-refractivity contribution in [3.63, 3.8) is 0 Å². The van der Waals surface area contributed by atoms with Gasteiger partial charge in [-0.15, -0.1) is 0 Å². The summed E-state index contributed by atoms with van der Waals surface area (Å²) in [7, 11) is 0. The summed E-state index contributed by atoms with van der Waals surface area (Å²) in [5.74, 6) is -0.175. The van der Waals surface area contributed by atoms with Crippen LogP contribution < -0.4 is 10.6 Å². The molecule has 0 saturated carbocycles. The Morgan fingerprint density at radius 3 is 2.19 bits per heavy atom. The van der Waals surface area contributed by atoms with Crippen molar-refractivity contribution >= 4 is 45.9 Å². The van der Waals surface area contributed by atoms with Gasteiger partial charge in [0.2, 0.25) is 5.91 Å². The molecule has 0 aliphatic heterocycles. The molecule has 2 aromatic carbocycles. The summed E-state index contributed by atoms with van der Waals surface area (Å²) >= 11 is 6.66. The van der Waals surface area contributed by atoms with Gasteiger partial charge in [0.15, 0.2) is 0 Å². The number of thioether (sulfide) groups is 1. The third kappa shape index (κ3) is 5.49. The Labute approximate surface area is 131 Å². The van der Waals surface area contributed by atoms with Crippen LogP contribution in [0, 0.1) is 0 Å². The standard InChI is InChI=1S/C15H13ClN2O2S/c16-11-6-8-13(9-7-11)18-15(20)21-10-14(19)17-12-4-2-1-3-5-12/h1-9H,10H2,(H,17,19)(H,18,20). The Hall–Kier alpha value is -1.98. The van der Waals surface area contributed by atoms with Gasteiger partial charge >= 0.3 is 0 Å². The van der Waals surface area contributed by atoms with Gasteiger partial charge in [-0.25, -0.2) is 0 Å². The molecule has 0 spiro atoms. The number of nitrogens with one attached hydrogen (secondary N) is 2. The van der Waals surface area contributed by atoms with E-state index in [1.807, 2.05) is 18.2 Å². The molecule has 6 heteroatoms. The van der Waals surface area contributed by atoms with Gasteiger partial charge in [0.25, 0.3) is 5.24 Å². The van der Waals surface area contributed by atoms with Gasteiger partial charge in [0, 0.05) is 16.4 Å². The predicted octanol–water partition coefficient (Wildman–Crippen LogP) is 4.24. The first-order valence-corrected chi connectivity index (χ1v) is 7.54. The van der Waals surface area contributed by atoms with Crippen LogP contribution in [0.2, 0.25) is 5.02 Å². The zero-order chi connectivity index (χ0) is 15.1. The maximum Gasteiger partial charge on any atom is 0.283 e. The van der Waals surface area contributed by atoms with Crippen LogP contribution in [0.5, 0.6) is 0 Å². The molecular formula is C15H13ClN2O2S. The third-order valence-electron chi connectivity index (χ3n) is 2.48. The average molecular weight is 321 g/mol. The minimum Gasteiger partial charge on any atom is -0.325 e. The number of hydrogen-bond donors (Lipinski definition) is 2. The normalized spacial score (nSPS) is 9.95. The summed E-state index contributed by atoms with van der Waals surface area (Å²) in [6.07, 6.45) is 0. The van der Waals surface area contributed by atoms with Crippen LogP contribution in [-0.4, -0.2) is 16.9 Å². The molecule has 0 unspecified atom stereocenters. The Balaban J connectivity index is 1.76. The lowest BCUT2D eigenvalue weighted by Gasteiger charge is -2.06. The molecule has 2 amide bonds. The van der Waals surface area contributed by atoms with E-state index in [-0.39, 0.29) is 16.9 Å². The van der Waals surface area contributed by atoms with Crippen LogP contribution in [-0.2, 0) is 4.79 Å². The van der Waals surface area contributed by atoms with Crippen molar-refractivity contribution in [1.29, 1.82) is 0 Å². The molecule has 21 heavy (non-hydrogen) atoms. The minimum absolute atomic E-state index is 0.0499. The van der Waals surface area contributed by atoms with Crippen LogP contribution in [0.15, 0.2) is 54.6 Å². The molecule has 0 saturated heterocycles. The van der Waals surface area contributed by atoms with Gasteiger partial charge < -0.3 is 10.6 Å². The van der Waals surface area contributed by atoms with E-state index in [9.17, 15) is 9.59 Å². The summed E-state index contributed by atoms with van der Waals surface area (Å²) < 4.78 is 0. The summed E-state index contributed by atoms with van der Waals surface area (Å²) in [6, 6.07) is 15.9. The summed E-state index contributed by atoms with van der Waals surface area (Å²) in [5, 5.41) is 5.69. The van der Waals surface area contributed by atoms with Crippen LogP contribution in [0.1, 0.15) is 0 Å². The van der Waals surface area contributed by atoms with Crippen LogP contribution in [0.4, 0.5) is 16.2 Å². The van der Waals surface area contributed by atoms with E-state index in [0.717, 1.165) is 11.8 Å². The number of anilines is 2. The fourth-order valence-electron chi connectivity index (χ4n) is 1.54. The highest BCUT2D eigenvalue weighted by Gasteiger charge is 2.08. The largest absolute Gasteiger partial charge is 0.325 e. The first kappa shape index (κ1) is 15.4. The number of amides is 2. The van der Waals surface area contributed by atoms with Gasteiger partial charge in [0.1, 0.15) is 0 Å². The number of hydrogen-bond acceptors (Lipinski definition) is 3. The van der Waals surface area contributed by atoms with Gasteiger partial charge in [-0.05, 0) is 36.4 Å². The van der Waals surface area contributed by atoms with Crippen LogP contribution in [0.25, 0.3) is 0 Å². The minimum atomic E-state index is -0.291. The maximum atomic E-state index is 11.7. The maximum absolute atomic E-state index is 11.7. The highest BCUT2D eigenvalue weighted by molar-refractivity contribution is 8.14. The lowest BCUT2D eigenvalue weighted by atomic mass is 10.3. The SMILES string of the molecule is O=C(CSC(=O)Nc1ccc(Cl)cc1)Nc1ccccc1. The van der Waals surface area contributed by atoms with Crippen LogP contribution >= 0.6 is 23.4 Å². The van der Waals surface area contributed by atoms with E-state index >= 15 is 0 Å². The Morgan fingerprint density at radius 1 is 0.905 bits per heavy atom. The van der Waals surface area contributed by atoms with Crippen molar-refractivity contribution in [3.05, 3.63) is 59.6 Å². The predicted molar refractivity (Wildman–Crippen MR) is 88.0 cm³/mol. The Kier molecular flexibility index (Phi) is 5.66. The number of benzene rings is 2. The van der Waals surface area contributed by atoms with Crippen molar-refractivity contribution in [2.45, 2.75) is 0 Å². The van der Waals surface area contributed by atoms with E-state index in [1.54, 1.807) is 36.4 Å². The number of carbonyl (C=O) groups is 2. The highest BCUT2D eigenvalue weighted by Crippen LogP contribution is 2.16. The number of para-hydroxylation sites is 1. The van der Waals surface area contributed by atoms with Crippen LogP contribution in [0.3, 0.4) is 0 Å². The number of halogens is 1. The molecule has 0 fully saturated rings. The molecular weight excluding hydrogens is 308 g/mol. The number of rotatable bonds is 4. The van der Waals surface area contributed by atoms with E-state index < -0.39 is 0 Å². The first-order chi connectivity index (χ1) is 10.1. The van der Waals surface area contributed by atoms with E-state index in [0.29, 0.717) is 16.4 Å². The van der Waals surface area contributed by atoms with Crippen molar-refractivity contribution in [3.8, 4) is 0 Å².